The predicted octanol–water partition coefficient (Wildman–Crippen LogP) is 2.22. The Labute approximate surface area is 120 Å². The maximum absolute atomic E-state index is 12.2. The van der Waals surface area contributed by atoms with Crippen molar-refractivity contribution in [3.05, 3.63) is 24.3 Å². The largest absolute Gasteiger partial charge is 0.399 e. The number of nitrogen functional groups attached to an aromatic ring is 1. The van der Waals surface area contributed by atoms with Crippen molar-refractivity contribution in [1.82, 2.24) is 9.80 Å². The molecule has 1 aliphatic rings. The van der Waals surface area contributed by atoms with Crippen molar-refractivity contribution in [2.45, 2.75) is 26.3 Å². The highest BCUT2D eigenvalue weighted by Gasteiger charge is 2.29. The molecule has 1 aromatic rings. The molecule has 0 aliphatic carbocycles. The van der Waals surface area contributed by atoms with Crippen LogP contribution in [0.25, 0.3) is 0 Å². The minimum Gasteiger partial charge on any atom is -0.399 e. The summed E-state index contributed by atoms with van der Waals surface area (Å²) >= 11 is 0. The highest BCUT2D eigenvalue weighted by atomic mass is 16.2. The van der Waals surface area contributed by atoms with E-state index in [2.05, 4.69) is 24.1 Å². The van der Waals surface area contributed by atoms with E-state index in [9.17, 15) is 4.79 Å². The Balaban J connectivity index is 1.91. The van der Waals surface area contributed by atoms with Gasteiger partial charge in [-0.05, 0) is 37.7 Å². The number of carbonyl (C=O) groups excluding carboxylic acids is 1. The summed E-state index contributed by atoms with van der Waals surface area (Å²) in [7, 11) is 0. The van der Waals surface area contributed by atoms with Crippen LogP contribution in [0.15, 0.2) is 24.3 Å². The predicted molar refractivity (Wildman–Crippen MR) is 82.8 cm³/mol. The van der Waals surface area contributed by atoms with Crippen molar-refractivity contribution in [1.29, 1.82) is 0 Å². The number of anilines is 2. The Morgan fingerprint density at radius 3 is 2.85 bits per heavy atom. The lowest BCUT2D eigenvalue weighted by Gasteiger charge is -2.26. The van der Waals surface area contributed by atoms with Crippen LogP contribution in [0, 0.1) is 0 Å². The Morgan fingerprint density at radius 1 is 1.45 bits per heavy atom. The summed E-state index contributed by atoms with van der Waals surface area (Å²) in [6.45, 7) is 8.01. The third-order valence-electron chi connectivity index (χ3n) is 3.92. The van der Waals surface area contributed by atoms with Crippen molar-refractivity contribution in [2.75, 3.05) is 37.2 Å². The van der Waals surface area contributed by atoms with Crippen LogP contribution in [0.4, 0.5) is 16.2 Å². The average molecular weight is 276 g/mol. The first kappa shape index (κ1) is 14.7. The zero-order valence-electron chi connectivity index (χ0n) is 12.3. The summed E-state index contributed by atoms with van der Waals surface area (Å²) in [5.41, 5.74) is 7.12. The molecular formula is C15H24N4O. The monoisotopic (exact) mass is 276 g/mol. The zero-order valence-corrected chi connectivity index (χ0v) is 12.3. The maximum atomic E-state index is 12.2. The van der Waals surface area contributed by atoms with Crippen LogP contribution in [0.5, 0.6) is 0 Å². The van der Waals surface area contributed by atoms with E-state index in [-0.39, 0.29) is 6.03 Å². The van der Waals surface area contributed by atoms with Crippen molar-refractivity contribution in [3.8, 4) is 0 Å². The number of benzene rings is 1. The lowest BCUT2D eigenvalue weighted by atomic mass is 10.2. The highest BCUT2D eigenvalue weighted by molar-refractivity contribution is 5.90. The first-order chi connectivity index (χ1) is 9.63. The number of urea groups is 1. The molecule has 0 bridgehead atoms. The normalized spacial score (nSPS) is 18.6. The van der Waals surface area contributed by atoms with Crippen molar-refractivity contribution >= 4 is 17.4 Å². The number of hydrogen-bond donors (Lipinski definition) is 2. The van der Waals surface area contributed by atoms with Gasteiger partial charge in [0, 0.05) is 30.5 Å². The summed E-state index contributed by atoms with van der Waals surface area (Å²) < 4.78 is 0. The number of rotatable bonds is 4. The van der Waals surface area contributed by atoms with Gasteiger partial charge in [0.15, 0.2) is 0 Å². The Bertz CT molecular complexity index is 459. The maximum Gasteiger partial charge on any atom is 0.321 e. The van der Waals surface area contributed by atoms with E-state index in [1.54, 1.807) is 6.07 Å². The second-order valence-corrected chi connectivity index (χ2v) is 5.17. The number of nitrogens with two attached hydrogens (primary N) is 1. The van der Waals surface area contributed by atoms with Crippen LogP contribution >= 0.6 is 0 Å². The molecule has 5 nitrogen and oxygen atoms in total. The van der Waals surface area contributed by atoms with Crippen molar-refractivity contribution in [2.24, 2.45) is 0 Å². The third-order valence-corrected chi connectivity index (χ3v) is 3.92. The number of carbonyl (C=O) groups is 1. The van der Waals surface area contributed by atoms with E-state index in [4.69, 9.17) is 5.73 Å². The van der Waals surface area contributed by atoms with Gasteiger partial charge < -0.3 is 16.0 Å². The van der Waals surface area contributed by atoms with E-state index < -0.39 is 0 Å². The van der Waals surface area contributed by atoms with Gasteiger partial charge in [-0.15, -0.1) is 0 Å². The SMILES string of the molecule is CCN(CC)C1CCN(C(=O)Nc2cccc(N)c2)C1. The van der Waals surface area contributed by atoms with E-state index in [0.717, 1.165) is 38.3 Å². The van der Waals surface area contributed by atoms with E-state index in [0.29, 0.717) is 11.7 Å². The van der Waals surface area contributed by atoms with Crippen molar-refractivity contribution < 1.29 is 4.79 Å². The number of nitrogens with one attached hydrogen (secondary N) is 1. The van der Waals surface area contributed by atoms with Crippen LogP contribution in [0.2, 0.25) is 0 Å². The highest BCUT2D eigenvalue weighted by Crippen LogP contribution is 2.18. The number of amides is 2. The number of nitrogens with zero attached hydrogens (tertiary/aromatic N) is 2. The second kappa shape index (κ2) is 6.61. The number of likely N-dealkylation sites (tertiary alicyclic amines) is 1. The third kappa shape index (κ3) is 3.42. The van der Waals surface area contributed by atoms with Gasteiger partial charge in [-0.25, -0.2) is 4.79 Å². The lowest BCUT2D eigenvalue weighted by Crippen LogP contribution is -2.39. The van der Waals surface area contributed by atoms with E-state index >= 15 is 0 Å². The fourth-order valence-electron chi connectivity index (χ4n) is 2.78. The molecule has 0 saturated carbocycles. The molecule has 5 heteroatoms. The van der Waals surface area contributed by atoms with Crippen LogP contribution in [0.1, 0.15) is 20.3 Å². The van der Waals surface area contributed by atoms with Gasteiger partial charge >= 0.3 is 6.03 Å². The standard InChI is InChI=1S/C15H24N4O/c1-3-18(4-2)14-8-9-19(11-14)15(20)17-13-7-5-6-12(16)10-13/h5-7,10,14H,3-4,8-9,11,16H2,1-2H3,(H,17,20). The van der Waals surface area contributed by atoms with Gasteiger partial charge in [-0.1, -0.05) is 19.9 Å². The summed E-state index contributed by atoms with van der Waals surface area (Å²) in [5, 5.41) is 2.91. The fraction of sp³-hybridized carbons (Fsp3) is 0.533. The number of hydrogen-bond acceptors (Lipinski definition) is 3. The Kier molecular flexibility index (Phi) is 4.84. The topological polar surface area (TPSA) is 61.6 Å². The smallest absolute Gasteiger partial charge is 0.321 e. The molecule has 2 amide bonds. The van der Waals surface area contributed by atoms with Crippen LogP contribution in [-0.2, 0) is 0 Å². The minimum absolute atomic E-state index is 0.0368. The Hall–Kier alpha value is -1.75. The molecule has 110 valence electrons. The molecule has 1 atom stereocenters. The molecule has 1 heterocycles. The first-order valence-corrected chi connectivity index (χ1v) is 7.29. The summed E-state index contributed by atoms with van der Waals surface area (Å²) in [6, 6.07) is 7.72. The molecule has 1 aliphatic heterocycles. The molecule has 1 aromatic carbocycles. The fourth-order valence-corrected chi connectivity index (χ4v) is 2.78. The quantitative estimate of drug-likeness (QED) is 0.829. The second-order valence-electron chi connectivity index (χ2n) is 5.17. The number of likely N-dealkylation sites (N-methyl/N-ethyl adjacent to an activating group) is 1. The van der Waals surface area contributed by atoms with Gasteiger partial charge in [0.2, 0.25) is 0 Å². The zero-order chi connectivity index (χ0) is 14.5. The molecule has 0 spiro atoms. The molecule has 1 saturated heterocycles. The van der Waals surface area contributed by atoms with E-state index in [1.807, 2.05) is 23.1 Å². The van der Waals surface area contributed by atoms with Gasteiger partial charge in [-0.3, -0.25) is 4.90 Å². The molecule has 0 radical (unpaired) electrons. The van der Waals surface area contributed by atoms with Gasteiger partial charge in [-0.2, -0.15) is 0 Å². The van der Waals surface area contributed by atoms with Gasteiger partial charge in [0.25, 0.3) is 0 Å². The summed E-state index contributed by atoms with van der Waals surface area (Å²) in [4.78, 5) is 16.5. The molecular weight excluding hydrogens is 252 g/mol. The first-order valence-electron chi connectivity index (χ1n) is 7.29. The van der Waals surface area contributed by atoms with Gasteiger partial charge in [0.1, 0.15) is 0 Å². The van der Waals surface area contributed by atoms with Crippen molar-refractivity contribution in [3.63, 3.8) is 0 Å². The molecule has 2 rings (SSSR count). The summed E-state index contributed by atoms with van der Waals surface area (Å²) in [5.74, 6) is 0. The molecule has 20 heavy (non-hydrogen) atoms. The molecule has 1 fully saturated rings. The van der Waals surface area contributed by atoms with Crippen LogP contribution in [0.3, 0.4) is 0 Å². The average Bonchev–Trinajstić information content (AvgIpc) is 2.90. The van der Waals surface area contributed by atoms with Crippen LogP contribution in [-0.4, -0.2) is 48.1 Å². The lowest BCUT2D eigenvalue weighted by molar-refractivity contribution is 0.202. The van der Waals surface area contributed by atoms with Gasteiger partial charge in [0.05, 0.1) is 0 Å². The van der Waals surface area contributed by atoms with Crippen LogP contribution < -0.4 is 11.1 Å². The molecule has 0 aromatic heterocycles. The van der Waals surface area contributed by atoms with E-state index in [1.165, 1.54) is 0 Å². The minimum atomic E-state index is -0.0368. The summed E-state index contributed by atoms with van der Waals surface area (Å²) in [6.07, 6.45) is 1.05. The Morgan fingerprint density at radius 2 is 2.20 bits per heavy atom. The molecule has 1 unspecified atom stereocenters. The molecule has 3 N–H and O–H groups in total.